The molecular weight excluding hydrogens is 494 g/mol. The number of furan rings is 1. The van der Waals surface area contributed by atoms with Gasteiger partial charge >= 0.3 is 0 Å². The van der Waals surface area contributed by atoms with Crippen molar-refractivity contribution in [1.29, 1.82) is 0 Å². The van der Waals surface area contributed by atoms with Gasteiger partial charge in [0.25, 0.3) is 0 Å². The summed E-state index contributed by atoms with van der Waals surface area (Å²) in [5.41, 5.74) is 4.09. The largest absolute Gasteiger partial charge is 0.467 e. The van der Waals surface area contributed by atoms with Gasteiger partial charge in [-0.15, -0.1) is 0 Å². The fraction of sp³-hybridized carbons (Fsp3) is 0.333. The van der Waals surface area contributed by atoms with Crippen molar-refractivity contribution in [3.05, 3.63) is 77.2 Å². The number of anilines is 1. The van der Waals surface area contributed by atoms with Crippen LogP contribution >= 0.6 is 11.3 Å². The van der Waals surface area contributed by atoms with Crippen LogP contribution in [0.5, 0.6) is 0 Å². The first-order chi connectivity index (χ1) is 17.2. The summed E-state index contributed by atoms with van der Waals surface area (Å²) in [5.74, 6) is 0.0443. The Balaban J connectivity index is 1.45. The van der Waals surface area contributed by atoms with Crippen molar-refractivity contribution in [3.63, 3.8) is 0 Å². The Morgan fingerprint density at radius 2 is 1.92 bits per heavy atom. The number of nitrogens with zero attached hydrogens (tertiary/aromatic N) is 3. The van der Waals surface area contributed by atoms with Gasteiger partial charge in [-0.25, -0.2) is 13.4 Å². The average molecular weight is 524 g/mol. The number of thiazole rings is 1. The first-order valence-corrected chi connectivity index (χ1v) is 14.3. The van der Waals surface area contributed by atoms with Gasteiger partial charge in [0.2, 0.25) is 15.9 Å². The molecule has 3 heterocycles. The van der Waals surface area contributed by atoms with E-state index in [0.717, 1.165) is 26.9 Å². The van der Waals surface area contributed by atoms with Gasteiger partial charge in [-0.2, -0.15) is 4.31 Å². The minimum atomic E-state index is -3.69. The minimum Gasteiger partial charge on any atom is -0.467 e. The molecule has 9 heteroatoms. The van der Waals surface area contributed by atoms with Crippen LogP contribution in [0.25, 0.3) is 10.2 Å². The van der Waals surface area contributed by atoms with Crippen molar-refractivity contribution in [1.82, 2.24) is 9.29 Å². The third-order valence-electron chi connectivity index (χ3n) is 6.59. The number of aryl methyl sites for hydroxylation is 3. The lowest BCUT2D eigenvalue weighted by Gasteiger charge is -2.33. The molecule has 36 heavy (non-hydrogen) atoms. The van der Waals surface area contributed by atoms with Gasteiger partial charge in [0.05, 0.1) is 33.8 Å². The highest BCUT2D eigenvalue weighted by molar-refractivity contribution is 7.89. The third-order valence-corrected chi connectivity index (χ3v) is 9.70. The first kappa shape index (κ1) is 24.7. The van der Waals surface area contributed by atoms with E-state index in [-0.39, 0.29) is 23.9 Å². The van der Waals surface area contributed by atoms with Crippen LogP contribution in [-0.2, 0) is 21.4 Å². The number of carbonyl (C=O) groups is 1. The Labute approximate surface area is 215 Å². The molecule has 0 N–H and O–H groups in total. The standard InChI is InChI=1S/C27H29N3O4S2/c1-18-8-10-23(11-9-18)36(32,33)29-12-4-6-21(16-29)26(31)30(17-22-7-5-13-34-22)27-28-24-15-19(2)14-20(3)25(24)35-27/h5,7-11,13-15,21H,4,6,12,16-17H2,1-3H3. The number of aromatic nitrogens is 1. The molecule has 7 nitrogen and oxygen atoms in total. The quantitative estimate of drug-likeness (QED) is 0.336. The summed E-state index contributed by atoms with van der Waals surface area (Å²) < 4.78 is 34.7. The monoisotopic (exact) mass is 523 g/mol. The van der Waals surface area contributed by atoms with E-state index in [1.54, 1.807) is 41.5 Å². The van der Waals surface area contributed by atoms with Crippen molar-refractivity contribution in [2.24, 2.45) is 5.92 Å². The van der Waals surface area contributed by atoms with Crippen LogP contribution in [0.1, 0.15) is 35.3 Å². The molecule has 1 amide bonds. The van der Waals surface area contributed by atoms with E-state index in [1.807, 2.05) is 32.9 Å². The number of piperidine rings is 1. The van der Waals surface area contributed by atoms with E-state index in [1.165, 1.54) is 15.6 Å². The maximum atomic E-state index is 13.9. The Hall–Kier alpha value is -3.01. The topological polar surface area (TPSA) is 83.7 Å². The average Bonchev–Trinajstić information content (AvgIpc) is 3.52. The predicted octanol–water partition coefficient (Wildman–Crippen LogP) is 5.45. The van der Waals surface area contributed by atoms with E-state index in [9.17, 15) is 13.2 Å². The van der Waals surface area contributed by atoms with Crippen molar-refractivity contribution >= 4 is 42.6 Å². The molecule has 0 radical (unpaired) electrons. The fourth-order valence-corrected chi connectivity index (χ4v) is 7.26. The Bertz CT molecular complexity index is 1490. The smallest absolute Gasteiger partial charge is 0.243 e. The lowest BCUT2D eigenvalue weighted by atomic mass is 9.98. The zero-order chi connectivity index (χ0) is 25.4. The van der Waals surface area contributed by atoms with E-state index < -0.39 is 15.9 Å². The number of sulfonamides is 1. The summed E-state index contributed by atoms with van der Waals surface area (Å²) in [6.07, 6.45) is 2.82. The van der Waals surface area contributed by atoms with Crippen LogP contribution in [0.4, 0.5) is 5.13 Å². The van der Waals surface area contributed by atoms with Crippen molar-refractivity contribution < 1.29 is 17.6 Å². The molecule has 0 aliphatic carbocycles. The van der Waals surface area contributed by atoms with E-state index in [2.05, 4.69) is 6.07 Å². The summed E-state index contributed by atoms with van der Waals surface area (Å²) >= 11 is 1.48. The van der Waals surface area contributed by atoms with Crippen molar-refractivity contribution in [2.75, 3.05) is 18.0 Å². The number of fused-ring (bicyclic) bond motifs is 1. The molecule has 0 bridgehead atoms. The summed E-state index contributed by atoms with van der Waals surface area (Å²) in [7, 11) is -3.69. The molecule has 2 aromatic heterocycles. The van der Waals surface area contributed by atoms with Gasteiger partial charge in [0, 0.05) is 13.1 Å². The van der Waals surface area contributed by atoms with Gasteiger partial charge in [0.15, 0.2) is 5.13 Å². The molecule has 0 spiro atoms. The molecule has 1 fully saturated rings. The van der Waals surface area contributed by atoms with Crippen LogP contribution in [0.2, 0.25) is 0 Å². The van der Waals surface area contributed by atoms with Crippen LogP contribution in [0.3, 0.4) is 0 Å². The minimum absolute atomic E-state index is 0.136. The molecule has 5 rings (SSSR count). The summed E-state index contributed by atoms with van der Waals surface area (Å²) in [6, 6.07) is 14.6. The van der Waals surface area contributed by atoms with Crippen LogP contribution in [0, 0.1) is 26.7 Å². The summed E-state index contributed by atoms with van der Waals surface area (Å²) in [4.78, 5) is 20.7. The first-order valence-electron chi connectivity index (χ1n) is 12.0. The van der Waals surface area contributed by atoms with Gasteiger partial charge < -0.3 is 4.42 Å². The summed E-state index contributed by atoms with van der Waals surface area (Å²) in [5, 5.41) is 0.596. The molecule has 1 saturated heterocycles. The molecule has 1 unspecified atom stereocenters. The Kier molecular flexibility index (Phi) is 6.72. The number of hydrogen-bond donors (Lipinski definition) is 0. The zero-order valence-corrected chi connectivity index (χ0v) is 22.2. The maximum Gasteiger partial charge on any atom is 0.243 e. The van der Waals surface area contributed by atoms with Crippen LogP contribution < -0.4 is 4.90 Å². The highest BCUT2D eigenvalue weighted by Crippen LogP contribution is 2.35. The highest BCUT2D eigenvalue weighted by Gasteiger charge is 2.36. The number of benzene rings is 2. The zero-order valence-electron chi connectivity index (χ0n) is 20.6. The summed E-state index contributed by atoms with van der Waals surface area (Å²) in [6.45, 7) is 6.78. The number of amides is 1. The lowest BCUT2D eigenvalue weighted by molar-refractivity contribution is -0.123. The Morgan fingerprint density at radius 1 is 1.14 bits per heavy atom. The Morgan fingerprint density at radius 3 is 2.64 bits per heavy atom. The van der Waals surface area contributed by atoms with E-state index in [0.29, 0.717) is 30.3 Å². The van der Waals surface area contributed by atoms with Crippen molar-refractivity contribution in [2.45, 2.75) is 45.1 Å². The lowest BCUT2D eigenvalue weighted by Crippen LogP contribution is -2.46. The van der Waals surface area contributed by atoms with Gasteiger partial charge in [0.1, 0.15) is 5.76 Å². The predicted molar refractivity (Wildman–Crippen MR) is 142 cm³/mol. The molecule has 2 aromatic carbocycles. The van der Waals surface area contributed by atoms with Crippen LogP contribution in [-0.4, -0.2) is 36.7 Å². The number of carbonyl (C=O) groups excluding carboxylic acids is 1. The van der Waals surface area contributed by atoms with E-state index in [4.69, 9.17) is 9.40 Å². The molecule has 1 aliphatic heterocycles. The van der Waals surface area contributed by atoms with Crippen molar-refractivity contribution in [3.8, 4) is 0 Å². The molecule has 188 valence electrons. The number of rotatable bonds is 6. The van der Waals surface area contributed by atoms with Crippen LogP contribution in [0.15, 0.2) is 64.1 Å². The normalized spacial score (nSPS) is 16.9. The highest BCUT2D eigenvalue weighted by atomic mass is 32.2. The molecule has 1 aliphatic rings. The molecule has 0 saturated carbocycles. The molecule has 4 aromatic rings. The van der Waals surface area contributed by atoms with Gasteiger partial charge in [-0.05, 0) is 75.1 Å². The molecular formula is C27H29N3O4S2. The van der Waals surface area contributed by atoms with Gasteiger partial charge in [-0.3, -0.25) is 9.69 Å². The van der Waals surface area contributed by atoms with Gasteiger partial charge in [-0.1, -0.05) is 35.1 Å². The molecule has 1 atom stereocenters. The number of hydrogen-bond acceptors (Lipinski definition) is 6. The second kappa shape index (κ2) is 9.80. The SMILES string of the molecule is Cc1ccc(S(=O)(=O)N2CCCC(C(=O)N(Cc3ccco3)c3nc4cc(C)cc(C)c4s3)C2)cc1. The maximum absolute atomic E-state index is 13.9. The third kappa shape index (κ3) is 4.83. The van der Waals surface area contributed by atoms with E-state index >= 15 is 0 Å². The second-order valence-corrected chi connectivity index (χ2v) is 12.4. The second-order valence-electron chi connectivity index (χ2n) is 9.45. The fourth-order valence-electron chi connectivity index (χ4n) is 4.72.